The molecular weight excluding hydrogens is 236 g/mol. The van der Waals surface area contributed by atoms with Gasteiger partial charge < -0.3 is 9.73 Å². The van der Waals surface area contributed by atoms with Crippen LogP contribution < -0.4 is 5.32 Å². The van der Waals surface area contributed by atoms with Crippen molar-refractivity contribution in [1.29, 1.82) is 0 Å². The molecule has 3 nitrogen and oxygen atoms in total. The normalized spacial score (nSPS) is 17.7. The summed E-state index contributed by atoms with van der Waals surface area (Å²) >= 11 is 6.30. The predicted molar refractivity (Wildman–Crippen MR) is 69.4 cm³/mol. The van der Waals surface area contributed by atoms with Crippen LogP contribution in [0, 0.1) is 0 Å². The first kappa shape index (κ1) is 11.1. The van der Waals surface area contributed by atoms with Crippen molar-refractivity contribution >= 4 is 22.6 Å². The Morgan fingerprint density at radius 2 is 2.06 bits per heavy atom. The topological polar surface area (TPSA) is 28.4 Å². The lowest BCUT2D eigenvalue weighted by Crippen LogP contribution is -2.42. The van der Waals surface area contributed by atoms with Gasteiger partial charge >= 0.3 is 0 Å². The zero-order valence-corrected chi connectivity index (χ0v) is 10.3. The molecule has 1 aromatic carbocycles. The Bertz CT molecular complexity index is 517. The summed E-state index contributed by atoms with van der Waals surface area (Å²) in [4.78, 5) is 2.42. The summed E-state index contributed by atoms with van der Waals surface area (Å²) in [7, 11) is 0. The molecule has 0 atom stereocenters. The van der Waals surface area contributed by atoms with Gasteiger partial charge in [-0.1, -0.05) is 11.6 Å². The van der Waals surface area contributed by atoms with Crippen molar-refractivity contribution in [3.8, 4) is 0 Å². The molecule has 1 aromatic heterocycles. The van der Waals surface area contributed by atoms with Crippen LogP contribution in [0.4, 0.5) is 0 Å². The van der Waals surface area contributed by atoms with Crippen LogP contribution in [0.2, 0.25) is 5.02 Å². The van der Waals surface area contributed by atoms with Crippen LogP contribution in [-0.4, -0.2) is 31.1 Å². The summed E-state index contributed by atoms with van der Waals surface area (Å²) in [6.07, 6.45) is 1.72. The molecule has 0 radical (unpaired) electrons. The van der Waals surface area contributed by atoms with Gasteiger partial charge in [0.05, 0.1) is 6.26 Å². The fourth-order valence-electron chi connectivity index (χ4n) is 2.33. The molecule has 17 heavy (non-hydrogen) atoms. The molecule has 2 aromatic rings. The van der Waals surface area contributed by atoms with E-state index in [9.17, 15) is 0 Å². The zero-order chi connectivity index (χ0) is 11.7. The van der Waals surface area contributed by atoms with Crippen LogP contribution >= 0.6 is 11.6 Å². The highest BCUT2D eigenvalue weighted by Gasteiger charge is 2.14. The maximum Gasteiger partial charge on any atom is 0.134 e. The van der Waals surface area contributed by atoms with Gasteiger partial charge in [0, 0.05) is 43.1 Å². The van der Waals surface area contributed by atoms with Crippen LogP contribution in [-0.2, 0) is 6.54 Å². The largest absolute Gasteiger partial charge is 0.464 e. The number of nitrogens with one attached hydrogen (secondary N) is 1. The first-order valence-corrected chi connectivity index (χ1v) is 6.30. The zero-order valence-electron chi connectivity index (χ0n) is 9.58. The van der Waals surface area contributed by atoms with Crippen LogP contribution in [0.5, 0.6) is 0 Å². The molecule has 1 fully saturated rings. The minimum atomic E-state index is 0.831. The first-order valence-electron chi connectivity index (χ1n) is 5.92. The Morgan fingerprint density at radius 1 is 1.24 bits per heavy atom. The Labute approximate surface area is 105 Å². The summed E-state index contributed by atoms with van der Waals surface area (Å²) in [5.74, 6) is 0. The van der Waals surface area contributed by atoms with E-state index in [4.69, 9.17) is 16.0 Å². The van der Waals surface area contributed by atoms with E-state index in [-0.39, 0.29) is 0 Å². The van der Waals surface area contributed by atoms with E-state index in [1.807, 2.05) is 18.2 Å². The first-order chi connectivity index (χ1) is 8.34. The molecule has 3 rings (SSSR count). The van der Waals surface area contributed by atoms with Crippen molar-refractivity contribution in [2.24, 2.45) is 0 Å². The number of benzene rings is 1. The van der Waals surface area contributed by atoms with Gasteiger partial charge in [-0.25, -0.2) is 0 Å². The molecule has 0 aliphatic carbocycles. The number of halogens is 1. The minimum Gasteiger partial charge on any atom is -0.464 e. The number of hydrogen-bond donors (Lipinski definition) is 1. The second kappa shape index (κ2) is 4.69. The molecule has 0 unspecified atom stereocenters. The maximum atomic E-state index is 6.30. The highest BCUT2D eigenvalue weighted by atomic mass is 35.5. The average molecular weight is 251 g/mol. The summed E-state index contributed by atoms with van der Waals surface area (Å²) in [5, 5.41) is 5.32. The van der Waals surface area contributed by atoms with E-state index >= 15 is 0 Å². The van der Waals surface area contributed by atoms with Gasteiger partial charge in [0.15, 0.2) is 0 Å². The lowest BCUT2D eigenvalue weighted by atomic mass is 10.1. The molecule has 2 heterocycles. The molecule has 1 aliphatic heterocycles. The molecule has 0 amide bonds. The number of hydrogen-bond acceptors (Lipinski definition) is 3. The molecule has 1 N–H and O–H groups in total. The molecule has 1 saturated heterocycles. The Balaban J connectivity index is 1.92. The van der Waals surface area contributed by atoms with Gasteiger partial charge in [-0.2, -0.15) is 0 Å². The van der Waals surface area contributed by atoms with Crippen molar-refractivity contribution in [3.05, 3.63) is 35.0 Å². The maximum absolute atomic E-state index is 6.30. The van der Waals surface area contributed by atoms with E-state index in [0.717, 1.165) is 48.7 Å². The second-order valence-corrected chi connectivity index (χ2v) is 4.79. The van der Waals surface area contributed by atoms with Crippen LogP contribution in [0.1, 0.15) is 5.56 Å². The Kier molecular flexibility index (Phi) is 3.05. The monoisotopic (exact) mass is 250 g/mol. The van der Waals surface area contributed by atoms with Gasteiger partial charge in [0.25, 0.3) is 0 Å². The second-order valence-electron chi connectivity index (χ2n) is 4.38. The van der Waals surface area contributed by atoms with Crippen molar-refractivity contribution in [3.63, 3.8) is 0 Å². The lowest BCUT2D eigenvalue weighted by Gasteiger charge is -2.27. The van der Waals surface area contributed by atoms with Gasteiger partial charge in [-0.05, 0) is 23.8 Å². The minimum absolute atomic E-state index is 0.831. The summed E-state index contributed by atoms with van der Waals surface area (Å²) < 4.78 is 5.41. The van der Waals surface area contributed by atoms with E-state index in [0.29, 0.717) is 0 Å². The van der Waals surface area contributed by atoms with Gasteiger partial charge in [-0.15, -0.1) is 0 Å². The molecule has 0 saturated carbocycles. The van der Waals surface area contributed by atoms with Crippen molar-refractivity contribution < 1.29 is 4.42 Å². The average Bonchev–Trinajstić information content (AvgIpc) is 2.83. The van der Waals surface area contributed by atoms with E-state index < -0.39 is 0 Å². The third-order valence-corrected chi connectivity index (χ3v) is 3.64. The van der Waals surface area contributed by atoms with Crippen LogP contribution in [0.25, 0.3) is 11.0 Å². The highest BCUT2D eigenvalue weighted by Crippen LogP contribution is 2.28. The Morgan fingerprint density at radius 3 is 2.88 bits per heavy atom. The molecule has 0 bridgehead atoms. The Hall–Kier alpha value is -1.03. The number of rotatable bonds is 2. The van der Waals surface area contributed by atoms with Gasteiger partial charge in [0.2, 0.25) is 0 Å². The number of furan rings is 1. The summed E-state index contributed by atoms with van der Waals surface area (Å²) in [5.41, 5.74) is 2.10. The smallest absolute Gasteiger partial charge is 0.134 e. The molecule has 4 heteroatoms. The molecule has 90 valence electrons. The molecular formula is C13H15ClN2O. The molecule has 0 spiro atoms. The lowest BCUT2D eigenvalue weighted by molar-refractivity contribution is 0.234. The summed E-state index contributed by atoms with van der Waals surface area (Å²) in [6.45, 7) is 5.16. The quantitative estimate of drug-likeness (QED) is 0.888. The third-order valence-electron chi connectivity index (χ3n) is 3.28. The third kappa shape index (κ3) is 2.18. The van der Waals surface area contributed by atoms with E-state index in [1.165, 1.54) is 5.56 Å². The van der Waals surface area contributed by atoms with E-state index in [2.05, 4.69) is 10.2 Å². The number of nitrogens with zero attached hydrogens (tertiary/aromatic N) is 1. The summed E-state index contributed by atoms with van der Waals surface area (Å²) in [6, 6.07) is 5.85. The highest BCUT2D eigenvalue weighted by molar-refractivity contribution is 6.32. The van der Waals surface area contributed by atoms with Gasteiger partial charge in [-0.3, -0.25) is 4.90 Å². The van der Waals surface area contributed by atoms with Crippen molar-refractivity contribution in [1.82, 2.24) is 10.2 Å². The standard InChI is InChI=1S/C13H15ClN2O/c14-12-1-2-13-10(3-8-17-13)11(12)9-16-6-4-15-5-7-16/h1-3,8,15H,4-7,9H2. The van der Waals surface area contributed by atoms with Crippen LogP contribution in [0.15, 0.2) is 28.9 Å². The van der Waals surface area contributed by atoms with Gasteiger partial charge in [0.1, 0.15) is 5.58 Å². The molecule has 1 aliphatic rings. The van der Waals surface area contributed by atoms with E-state index in [1.54, 1.807) is 6.26 Å². The van der Waals surface area contributed by atoms with Crippen molar-refractivity contribution in [2.45, 2.75) is 6.54 Å². The van der Waals surface area contributed by atoms with Crippen LogP contribution in [0.3, 0.4) is 0 Å². The fraction of sp³-hybridized carbons (Fsp3) is 0.385. The van der Waals surface area contributed by atoms with Crippen molar-refractivity contribution in [2.75, 3.05) is 26.2 Å². The number of piperazine rings is 1. The fourth-order valence-corrected chi connectivity index (χ4v) is 2.56. The number of fused-ring (bicyclic) bond motifs is 1. The predicted octanol–water partition coefficient (Wildman–Crippen LogP) is 2.49. The SMILES string of the molecule is Clc1ccc2occc2c1CN1CCNCC1.